The van der Waals surface area contributed by atoms with Crippen LogP contribution in [0.4, 0.5) is 9.59 Å². The van der Waals surface area contributed by atoms with Gasteiger partial charge in [-0.2, -0.15) is 0 Å². The fraction of sp³-hybridized carbons (Fsp3) is 0.464. The molecule has 0 heterocycles. The van der Waals surface area contributed by atoms with E-state index in [4.69, 9.17) is 9.47 Å². The second kappa shape index (κ2) is 9.84. The van der Waals surface area contributed by atoms with E-state index < -0.39 is 29.3 Å². The van der Waals surface area contributed by atoms with Gasteiger partial charge >= 0.3 is 18.2 Å². The Morgan fingerprint density at radius 2 is 1.53 bits per heavy atom. The molecule has 2 aliphatic rings. The lowest BCUT2D eigenvalue weighted by molar-refractivity contribution is -0.146. The van der Waals surface area contributed by atoms with E-state index in [-0.39, 0.29) is 31.4 Å². The summed E-state index contributed by atoms with van der Waals surface area (Å²) in [6, 6.07) is 15.9. The summed E-state index contributed by atoms with van der Waals surface area (Å²) < 4.78 is 11.0. The Balaban J connectivity index is 1.38. The molecule has 8 nitrogen and oxygen atoms in total. The van der Waals surface area contributed by atoms with Gasteiger partial charge in [0.1, 0.15) is 17.7 Å². The highest BCUT2D eigenvalue weighted by Gasteiger charge is 2.45. The summed E-state index contributed by atoms with van der Waals surface area (Å²) in [5.74, 6) is -1.21. The van der Waals surface area contributed by atoms with Crippen LogP contribution in [0.3, 0.4) is 0 Å². The van der Waals surface area contributed by atoms with Crippen LogP contribution < -0.4 is 5.32 Å². The van der Waals surface area contributed by atoms with E-state index in [0.29, 0.717) is 12.8 Å². The molecule has 2 aromatic carbocycles. The fourth-order valence-electron chi connectivity index (χ4n) is 5.19. The van der Waals surface area contributed by atoms with Crippen molar-refractivity contribution in [2.24, 2.45) is 0 Å². The zero-order valence-corrected chi connectivity index (χ0v) is 21.2. The first-order chi connectivity index (χ1) is 17.0. The van der Waals surface area contributed by atoms with Crippen LogP contribution in [0.5, 0.6) is 0 Å². The van der Waals surface area contributed by atoms with E-state index >= 15 is 0 Å². The number of amides is 2. The summed E-state index contributed by atoms with van der Waals surface area (Å²) in [5.41, 5.74) is 2.37. The number of benzene rings is 2. The highest BCUT2D eigenvalue weighted by molar-refractivity contribution is 5.85. The standard InChI is InChI=1S/C28H34N2O6/c1-27(2,3)36-26(34)30(4)18-13-15-28(16-14-18,24(31)32)29-25(33)35-17-23-21-11-7-5-9-19(21)20-10-6-8-12-22(20)23/h5-12,18,23H,13-17H2,1-4H3,(H,29,33)(H,31,32). The Bertz CT molecular complexity index is 1100. The van der Waals surface area contributed by atoms with Crippen LogP contribution in [-0.2, 0) is 14.3 Å². The molecule has 0 aromatic heterocycles. The molecular weight excluding hydrogens is 460 g/mol. The van der Waals surface area contributed by atoms with Crippen molar-refractivity contribution in [3.63, 3.8) is 0 Å². The van der Waals surface area contributed by atoms with Gasteiger partial charge in [0.25, 0.3) is 0 Å². The fourth-order valence-corrected chi connectivity index (χ4v) is 5.19. The van der Waals surface area contributed by atoms with E-state index in [0.717, 1.165) is 22.3 Å². The molecule has 192 valence electrons. The number of carbonyl (C=O) groups excluding carboxylic acids is 2. The van der Waals surface area contributed by atoms with Crippen molar-refractivity contribution >= 4 is 18.2 Å². The molecular formula is C28H34N2O6. The average molecular weight is 495 g/mol. The molecule has 2 aromatic rings. The lowest BCUT2D eigenvalue weighted by atomic mass is 9.79. The van der Waals surface area contributed by atoms with Gasteiger partial charge in [0.05, 0.1) is 0 Å². The third-order valence-corrected chi connectivity index (χ3v) is 7.13. The maximum atomic E-state index is 12.8. The highest BCUT2D eigenvalue weighted by Crippen LogP contribution is 2.44. The predicted octanol–water partition coefficient (Wildman–Crippen LogP) is 5.16. The summed E-state index contributed by atoms with van der Waals surface area (Å²) in [6.45, 7) is 5.51. The minimum absolute atomic E-state index is 0.109. The van der Waals surface area contributed by atoms with Crippen LogP contribution in [0.1, 0.15) is 63.5 Å². The largest absolute Gasteiger partial charge is 0.480 e. The molecule has 0 bridgehead atoms. The second-order valence-corrected chi connectivity index (χ2v) is 10.7. The molecule has 0 unspecified atom stereocenters. The van der Waals surface area contributed by atoms with E-state index in [1.54, 1.807) is 27.8 Å². The number of aliphatic carboxylic acids is 1. The summed E-state index contributed by atoms with van der Waals surface area (Å²) in [6.07, 6.45) is 0.0181. The second-order valence-electron chi connectivity index (χ2n) is 10.7. The zero-order chi connectivity index (χ0) is 26.1. The highest BCUT2D eigenvalue weighted by atomic mass is 16.6. The van der Waals surface area contributed by atoms with Crippen LogP contribution in [0, 0.1) is 0 Å². The molecule has 0 atom stereocenters. The zero-order valence-electron chi connectivity index (χ0n) is 21.2. The quantitative estimate of drug-likeness (QED) is 0.595. The van der Waals surface area contributed by atoms with Crippen LogP contribution >= 0.6 is 0 Å². The normalized spacial score (nSPS) is 21.2. The Labute approximate surface area is 211 Å². The smallest absolute Gasteiger partial charge is 0.410 e. The van der Waals surface area contributed by atoms with E-state index in [9.17, 15) is 19.5 Å². The van der Waals surface area contributed by atoms with Gasteiger partial charge in [-0.1, -0.05) is 48.5 Å². The van der Waals surface area contributed by atoms with E-state index in [2.05, 4.69) is 17.4 Å². The third kappa shape index (κ3) is 5.17. The van der Waals surface area contributed by atoms with Crippen LogP contribution in [0.2, 0.25) is 0 Å². The van der Waals surface area contributed by atoms with E-state index in [1.807, 2.05) is 36.4 Å². The molecule has 4 rings (SSSR count). The van der Waals surface area contributed by atoms with Gasteiger partial charge < -0.3 is 24.8 Å². The predicted molar refractivity (Wildman–Crippen MR) is 135 cm³/mol. The van der Waals surface area contributed by atoms with Crippen molar-refractivity contribution in [1.29, 1.82) is 0 Å². The lowest BCUT2D eigenvalue weighted by Gasteiger charge is -2.40. The Kier molecular flexibility index (Phi) is 6.98. The van der Waals surface area contributed by atoms with Gasteiger partial charge in [-0.3, -0.25) is 0 Å². The minimum Gasteiger partial charge on any atom is -0.480 e. The van der Waals surface area contributed by atoms with Gasteiger partial charge in [0.15, 0.2) is 0 Å². The van der Waals surface area contributed by atoms with Crippen molar-refractivity contribution in [3.05, 3.63) is 59.7 Å². The summed E-state index contributed by atoms with van der Waals surface area (Å²) in [5, 5.41) is 12.6. The molecule has 1 saturated carbocycles. The Morgan fingerprint density at radius 1 is 1.00 bits per heavy atom. The van der Waals surface area contributed by atoms with Crippen LogP contribution in [-0.4, -0.2) is 59.0 Å². The molecule has 2 amide bonds. The van der Waals surface area contributed by atoms with Crippen molar-refractivity contribution in [2.45, 2.75) is 69.6 Å². The first-order valence-corrected chi connectivity index (χ1v) is 12.3. The number of hydrogen-bond donors (Lipinski definition) is 2. The first-order valence-electron chi connectivity index (χ1n) is 12.3. The van der Waals surface area contributed by atoms with Crippen molar-refractivity contribution in [2.75, 3.05) is 13.7 Å². The number of ether oxygens (including phenoxy) is 2. The van der Waals surface area contributed by atoms with Crippen LogP contribution in [0.15, 0.2) is 48.5 Å². The van der Waals surface area contributed by atoms with Crippen molar-refractivity contribution in [1.82, 2.24) is 10.2 Å². The number of rotatable bonds is 5. The Morgan fingerprint density at radius 3 is 2.03 bits per heavy atom. The minimum atomic E-state index is -1.44. The lowest BCUT2D eigenvalue weighted by Crippen LogP contribution is -2.58. The molecule has 2 N–H and O–H groups in total. The number of carbonyl (C=O) groups is 3. The first kappa shape index (κ1) is 25.5. The number of carboxylic acids is 1. The Hall–Kier alpha value is -3.55. The average Bonchev–Trinajstić information content (AvgIpc) is 3.15. The monoisotopic (exact) mass is 494 g/mol. The van der Waals surface area contributed by atoms with Gasteiger partial charge in [0.2, 0.25) is 0 Å². The maximum Gasteiger partial charge on any atom is 0.410 e. The number of hydrogen-bond acceptors (Lipinski definition) is 5. The molecule has 0 spiro atoms. The van der Waals surface area contributed by atoms with Crippen LogP contribution in [0.25, 0.3) is 11.1 Å². The maximum absolute atomic E-state index is 12.8. The van der Waals surface area contributed by atoms with Gasteiger partial charge in [-0.05, 0) is 68.7 Å². The molecule has 8 heteroatoms. The topological polar surface area (TPSA) is 105 Å². The number of alkyl carbamates (subject to hydrolysis) is 1. The number of fused-ring (bicyclic) bond motifs is 3. The molecule has 36 heavy (non-hydrogen) atoms. The molecule has 0 radical (unpaired) electrons. The molecule has 0 saturated heterocycles. The van der Waals surface area contributed by atoms with Gasteiger partial charge in [-0.15, -0.1) is 0 Å². The summed E-state index contributed by atoms with van der Waals surface area (Å²) in [7, 11) is 1.66. The van der Waals surface area contributed by atoms with Gasteiger partial charge in [0, 0.05) is 19.0 Å². The molecule has 1 fully saturated rings. The molecule has 2 aliphatic carbocycles. The van der Waals surface area contributed by atoms with Gasteiger partial charge in [-0.25, -0.2) is 14.4 Å². The molecule has 0 aliphatic heterocycles. The number of nitrogens with zero attached hydrogens (tertiary/aromatic N) is 1. The third-order valence-electron chi connectivity index (χ3n) is 7.13. The van der Waals surface area contributed by atoms with E-state index in [1.165, 1.54) is 4.90 Å². The van der Waals surface area contributed by atoms with Crippen molar-refractivity contribution < 1.29 is 29.0 Å². The van der Waals surface area contributed by atoms with Crippen molar-refractivity contribution in [3.8, 4) is 11.1 Å². The number of carboxylic acid groups (broad SMARTS) is 1. The SMILES string of the molecule is CN(C(=O)OC(C)(C)C)C1CCC(NC(=O)OCC2c3ccccc3-c3ccccc32)(C(=O)O)CC1. The summed E-state index contributed by atoms with van der Waals surface area (Å²) >= 11 is 0. The summed E-state index contributed by atoms with van der Waals surface area (Å²) in [4.78, 5) is 39.0. The number of nitrogens with one attached hydrogen (secondary N) is 1.